The number of aliphatic carboxylic acids is 2. The summed E-state index contributed by atoms with van der Waals surface area (Å²) in [6.45, 7) is 4.03. The van der Waals surface area contributed by atoms with Gasteiger partial charge in [0, 0.05) is 38.6 Å². The minimum Gasteiger partial charge on any atom is -0.473 e. The summed E-state index contributed by atoms with van der Waals surface area (Å²) < 4.78 is 0. The second-order valence-corrected chi connectivity index (χ2v) is 5.97. The highest BCUT2D eigenvalue weighted by Gasteiger charge is 2.07. The average Bonchev–Trinajstić information content (AvgIpc) is 2.62. The van der Waals surface area contributed by atoms with Crippen molar-refractivity contribution in [3.05, 3.63) is 66.0 Å². The van der Waals surface area contributed by atoms with E-state index in [0.29, 0.717) is 0 Å². The highest BCUT2D eigenvalue weighted by Crippen LogP contribution is 2.09. The lowest BCUT2D eigenvalue weighted by Gasteiger charge is -2.24. The summed E-state index contributed by atoms with van der Waals surface area (Å²) in [5, 5.41) is 14.8. The Morgan fingerprint density at radius 2 is 1.46 bits per heavy atom. The molecule has 2 rings (SSSR count). The van der Waals surface area contributed by atoms with Crippen LogP contribution in [0.2, 0.25) is 0 Å². The Hall–Kier alpha value is -2.77. The average molecular weight is 359 g/mol. The number of carboxylic acids is 2. The summed E-state index contributed by atoms with van der Waals surface area (Å²) in [4.78, 5) is 27.1. The van der Waals surface area contributed by atoms with Crippen molar-refractivity contribution in [1.82, 2.24) is 14.8 Å². The minimum atomic E-state index is -1.82. The van der Waals surface area contributed by atoms with E-state index in [1.165, 1.54) is 11.1 Å². The van der Waals surface area contributed by atoms with Crippen molar-refractivity contribution in [3.8, 4) is 0 Å². The van der Waals surface area contributed by atoms with E-state index < -0.39 is 11.9 Å². The van der Waals surface area contributed by atoms with Crippen LogP contribution < -0.4 is 0 Å². The van der Waals surface area contributed by atoms with Crippen molar-refractivity contribution < 1.29 is 19.8 Å². The molecule has 0 saturated carbocycles. The largest absolute Gasteiger partial charge is 0.473 e. The number of rotatable bonds is 7. The SMILES string of the molecule is CN(C)CCN(Cc1ccccc1)Cc1cccnc1.O=C(O)C(=O)O. The van der Waals surface area contributed by atoms with Gasteiger partial charge in [-0.1, -0.05) is 36.4 Å². The minimum absolute atomic E-state index is 0.941. The van der Waals surface area contributed by atoms with Crippen LogP contribution in [-0.4, -0.2) is 64.1 Å². The maximum absolute atomic E-state index is 9.10. The molecule has 1 heterocycles. The van der Waals surface area contributed by atoms with E-state index in [-0.39, 0.29) is 0 Å². The Balaban J connectivity index is 0.000000487. The van der Waals surface area contributed by atoms with Crippen LogP contribution in [0.3, 0.4) is 0 Å². The normalized spacial score (nSPS) is 10.3. The number of likely N-dealkylation sites (N-methyl/N-ethyl adjacent to an activating group) is 1. The molecule has 0 fully saturated rings. The van der Waals surface area contributed by atoms with E-state index in [1.54, 1.807) is 0 Å². The fraction of sp³-hybridized carbons (Fsp3) is 0.316. The maximum Gasteiger partial charge on any atom is 0.414 e. The molecule has 140 valence electrons. The molecule has 0 unspecified atom stereocenters. The second-order valence-electron chi connectivity index (χ2n) is 5.97. The predicted octanol–water partition coefficient (Wildman–Crippen LogP) is 1.80. The van der Waals surface area contributed by atoms with E-state index in [2.05, 4.69) is 65.3 Å². The van der Waals surface area contributed by atoms with Crippen molar-refractivity contribution in [2.45, 2.75) is 13.1 Å². The number of carboxylic acid groups (broad SMARTS) is 2. The fourth-order valence-corrected chi connectivity index (χ4v) is 2.15. The fourth-order valence-electron chi connectivity index (χ4n) is 2.15. The summed E-state index contributed by atoms with van der Waals surface area (Å²) in [5.74, 6) is -3.65. The smallest absolute Gasteiger partial charge is 0.414 e. The molecule has 0 saturated heterocycles. The molecule has 0 atom stereocenters. The summed E-state index contributed by atoms with van der Waals surface area (Å²) in [6.07, 6.45) is 3.78. The standard InChI is InChI=1S/C17H23N3.C2H2O4/c1-19(2)11-12-20(14-16-7-4-3-5-8-16)15-17-9-6-10-18-13-17;3-1(4)2(5)6/h3-10,13H,11-12,14-15H2,1-2H3;(H,3,4)(H,5,6). The lowest BCUT2D eigenvalue weighted by molar-refractivity contribution is -0.159. The van der Waals surface area contributed by atoms with Gasteiger partial charge < -0.3 is 15.1 Å². The van der Waals surface area contributed by atoms with Gasteiger partial charge in [-0.3, -0.25) is 9.88 Å². The Labute approximate surface area is 153 Å². The molecule has 0 aliphatic rings. The van der Waals surface area contributed by atoms with Crippen LogP contribution in [0.15, 0.2) is 54.9 Å². The molecule has 0 amide bonds. The molecule has 2 N–H and O–H groups in total. The van der Waals surface area contributed by atoms with Crippen LogP contribution >= 0.6 is 0 Å². The Kier molecular flexibility index (Phi) is 9.59. The third kappa shape index (κ3) is 9.51. The van der Waals surface area contributed by atoms with Gasteiger partial charge in [0.05, 0.1) is 0 Å². The first-order valence-corrected chi connectivity index (χ1v) is 8.14. The van der Waals surface area contributed by atoms with Crippen LogP contribution in [0.25, 0.3) is 0 Å². The van der Waals surface area contributed by atoms with Gasteiger partial charge in [0.1, 0.15) is 0 Å². The van der Waals surface area contributed by atoms with Crippen LogP contribution in [-0.2, 0) is 22.7 Å². The Bertz CT molecular complexity index is 609. The van der Waals surface area contributed by atoms with E-state index >= 15 is 0 Å². The summed E-state index contributed by atoms with van der Waals surface area (Å²) >= 11 is 0. The summed E-state index contributed by atoms with van der Waals surface area (Å²) in [7, 11) is 4.23. The van der Waals surface area contributed by atoms with Gasteiger partial charge >= 0.3 is 11.9 Å². The first-order valence-electron chi connectivity index (χ1n) is 8.14. The van der Waals surface area contributed by atoms with Crippen molar-refractivity contribution in [1.29, 1.82) is 0 Å². The van der Waals surface area contributed by atoms with Gasteiger partial charge in [-0.25, -0.2) is 9.59 Å². The molecule has 2 aromatic rings. The van der Waals surface area contributed by atoms with Gasteiger partial charge in [0.2, 0.25) is 0 Å². The quantitative estimate of drug-likeness (QED) is 0.728. The van der Waals surface area contributed by atoms with E-state index in [4.69, 9.17) is 19.8 Å². The molecule has 7 heteroatoms. The monoisotopic (exact) mass is 359 g/mol. The van der Waals surface area contributed by atoms with Gasteiger partial charge in [-0.05, 0) is 31.3 Å². The zero-order valence-corrected chi connectivity index (χ0v) is 15.1. The number of pyridine rings is 1. The molecule has 0 radical (unpaired) electrons. The van der Waals surface area contributed by atoms with E-state index in [0.717, 1.165) is 26.2 Å². The number of benzene rings is 1. The molecule has 0 aliphatic heterocycles. The third-order valence-corrected chi connectivity index (χ3v) is 3.42. The molecule has 0 spiro atoms. The van der Waals surface area contributed by atoms with Crippen molar-refractivity contribution in [2.24, 2.45) is 0 Å². The van der Waals surface area contributed by atoms with Gasteiger partial charge in [-0.15, -0.1) is 0 Å². The first kappa shape index (κ1) is 21.3. The number of carbonyl (C=O) groups is 2. The molecule has 0 aliphatic carbocycles. The zero-order valence-electron chi connectivity index (χ0n) is 15.1. The third-order valence-electron chi connectivity index (χ3n) is 3.42. The molecule has 7 nitrogen and oxygen atoms in total. The number of aromatic nitrogens is 1. The highest BCUT2D eigenvalue weighted by atomic mass is 16.4. The topological polar surface area (TPSA) is 94.0 Å². The molecule has 1 aromatic carbocycles. The van der Waals surface area contributed by atoms with Gasteiger partial charge in [0.25, 0.3) is 0 Å². The van der Waals surface area contributed by atoms with Crippen molar-refractivity contribution in [3.63, 3.8) is 0 Å². The molecule has 1 aromatic heterocycles. The molecule has 0 bridgehead atoms. The maximum atomic E-state index is 9.10. The predicted molar refractivity (Wildman–Crippen MR) is 98.6 cm³/mol. The Morgan fingerprint density at radius 3 is 1.96 bits per heavy atom. The summed E-state index contributed by atoms with van der Waals surface area (Å²) in [5.41, 5.74) is 2.62. The Morgan fingerprint density at radius 1 is 0.885 bits per heavy atom. The summed E-state index contributed by atoms with van der Waals surface area (Å²) in [6, 6.07) is 14.8. The van der Waals surface area contributed by atoms with Crippen LogP contribution in [0.1, 0.15) is 11.1 Å². The van der Waals surface area contributed by atoms with Crippen LogP contribution in [0.5, 0.6) is 0 Å². The molecule has 26 heavy (non-hydrogen) atoms. The number of hydrogen-bond acceptors (Lipinski definition) is 5. The van der Waals surface area contributed by atoms with Gasteiger partial charge in [0.15, 0.2) is 0 Å². The molecular weight excluding hydrogens is 334 g/mol. The van der Waals surface area contributed by atoms with Crippen LogP contribution in [0.4, 0.5) is 0 Å². The van der Waals surface area contributed by atoms with E-state index in [1.807, 2.05) is 18.5 Å². The van der Waals surface area contributed by atoms with E-state index in [9.17, 15) is 0 Å². The van der Waals surface area contributed by atoms with Crippen molar-refractivity contribution in [2.75, 3.05) is 27.2 Å². The number of hydrogen-bond donors (Lipinski definition) is 2. The first-order chi connectivity index (χ1) is 12.4. The second kappa shape index (κ2) is 11.7. The lowest BCUT2D eigenvalue weighted by atomic mass is 10.2. The highest BCUT2D eigenvalue weighted by molar-refractivity contribution is 6.27. The number of nitrogens with zero attached hydrogens (tertiary/aromatic N) is 3. The van der Waals surface area contributed by atoms with Crippen molar-refractivity contribution >= 4 is 11.9 Å². The lowest BCUT2D eigenvalue weighted by Crippen LogP contribution is -2.31. The van der Waals surface area contributed by atoms with Crippen LogP contribution in [0, 0.1) is 0 Å². The van der Waals surface area contributed by atoms with Gasteiger partial charge in [-0.2, -0.15) is 0 Å². The molecular formula is C19H25N3O4. The zero-order chi connectivity index (χ0) is 19.4.